The molecule has 0 fully saturated rings. The zero-order chi connectivity index (χ0) is 68.6. The number of hydrogen-bond acceptors (Lipinski definition) is 6. The summed E-state index contributed by atoms with van der Waals surface area (Å²) in [5.74, 6) is 0. The van der Waals surface area contributed by atoms with Crippen LogP contribution in [0.1, 0.15) is 65.1 Å². The third-order valence-corrected chi connectivity index (χ3v) is 20.2. The van der Waals surface area contributed by atoms with Crippen molar-refractivity contribution in [2.75, 3.05) is 19.6 Å². The van der Waals surface area contributed by atoms with Crippen molar-refractivity contribution < 1.29 is 6.85 Å². The van der Waals surface area contributed by atoms with Gasteiger partial charge in [-0.2, -0.15) is 5.26 Å². The van der Waals surface area contributed by atoms with E-state index in [4.69, 9.17) is 4.11 Å². The highest BCUT2D eigenvalue weighted by atomic mass is 32.1. The average Bonchev–Trinajstić information content (AvgIpc) is 1.04. The molecule has 0 aliphatic carbocycles. The van der Waals surface area contributed by atoms with Crippen LogP contribution in [0.2, 0.25) is 0 Å². The van der Waals surface area contributed by atoms with E-state index in [2.05, 4.69) is 267 Å². The lowest BCUT2D eigenvalue weighted by Gasteiger charge is -2.45. The number of rotatable bonds is 10. The van der Waals surface area contributed by atoms with Gasteiger partial charge in [-0.05, 0) is 213 Å². The summed E-state index contributed by atoms with van der Waals surface area (Å²) in [5, 5.41) is 14.9. The van der Waals surface area contributed by atoms with Crippen LogP contribution in [0.15, 0.2) is 297 Å². The molecule has 2 aliphatic heterocycles. The largest absolute Gasteiger partial charge is 0.311 e. The Balaban J connectivity index is 1.01. The summed E-state index contributed by atoms with van der Waals surface area (Å²) in [7, 11) is 0. The third-order valence-electron chi connectivity index (χ3n) is 19.1. The number of nitriles is 1. The number of thiophene rings is 1. The molecule has 0 atom stereocenters. The van der Waals surface area contributed by atoms with Gasteiger partial charge < -0.3 is 24.2 Å². The predicted molar refractivity (Wildman–Crippen MR) is 405 cm³/mol. The number of fused-ring (bicyclic) bond motifs is 11. The molecule has 17 rings (SSSR count). The number of aromatic nitrogens is 1. The van der Waals surface area contributed by atoms with Gasteiger partial charge in [-0.3, -0.25) is 0 Å². The van der Waals surface area contributed by atoms with Gasteiger partial charge in [0.15, 0.2) is 0 Å². The first-order valence-electron chi connectivity index (χ1n) is 34.9. The molecule has 0 saturated carbocycles. The topological polar surface area (TPSA) is 41.7 Å². The van der Waals surface area contributed by atoms with E-state index in [0.29, 0.717) is 16.9 Å². The summed E-state index contributed by atoms with van der Waals surface area (Å²) in [4.78, 5) is 9.00. The Morgan fingerprint density at radius 3 is 1.51 bits per heavy atom. The lowest BCUT2D eigenvalue weighted by molar-refractivity contribution is 0.569. The molecule has 0 spiro atoms. The SMILES string of the molecule is [2H]c1c([2H])c([2H])c(N(c2ccccc2)c2ccc3c(c2)N(c2ccccc2)c2cc(-c4ccc5c(c4)c4c6c(ccc4n5-c4ccccc4)sc4ccccc46)cc4c2B3c2ccc(N(c3ccccc3)c3ccc(C#N)cc3)cc2N4c2cc(C(C)(C)C)cc(C(C)(C)C)c2)c([2H])c1[2H]. The summed E-state index contributed by atoms with van der Waals surface area (Å²) in [6.07, 6.45) is 0. The molecule has 6 nitrogen and oxygen atoms in total. The Labute approximate surface area is 566 Å². The number of benzene rings is 13. The highest BCUT2D eigenvalue weighted by Crippen LogP contribution is 2.52. The molecule has 4 heterocycles. The molecule has 2 aromatic heterocycles. The normalized spacial score (nSPS) is 13.4. The summed E-state index contributed by atoms with van der Waals surface area (Å²) in [6, 6.07) is 95.1. The molecule has 0 amide bonds. The van der Waals surface area contributed by atoms with Gasteiger partial charge in [-0.15, -0.1) is 11.3 Å². The van der Waals surface area contributed by atoms with Gasteiger partial charge in [0.25, 0.3) is 6.71 Å². The molecule has 13 aromatic carbocycles. The van der Waals surface area contributed by atoms with Crippen LogP contribution in [0.3, 0.4) is 0 Å². The summed E-state index contributed by atoms with van der Waals surface area (Å²) < 4.78 is 50.7. The summed E-state index contributed by atoms with van der Waals surface area (Å²) in [5.41, 5.74) is 20.9. The number of nitrogens with zero attached hydrogens (tertiary/aromatic N) is 6. The van der Waals surface area contributed by atoms with Crippen LogP contribution in [0.25, 0.3) is 58.8 Å². The number of hydrogen-bond donors (Lipinski definition) is 0. The van der Waals surface area contributed by atoms with Crippen molar-refractivity contribution in [3.63, 3.8) is 0 Å². The van der Waals surface area contributed by atoms with Gasteiger partial charge in [0, 0.05) is 105 Å². The zero-order valence-corrected chi connectivity index (χ0v) is 54.4. The molecule has 2 aliphatic rings. The van der Waals surface area contributed by atoms with E-state index in [1.807, 2.05) is 83.0 Å². The molecule has 0 radical (unpaired) electrons. The fourth-order valence-electron chi connectivity index (χ4n) is 14.6. The van der Waals surface area contributed by atoms with Crippen LogP contribution in [-0.2, 0) is 10.8 Å². The number of anilines is 12. The van der Waals surface area contributed by atoms with E-state index in [9.17, 15) is 8.00 Å². The molecule has 95 heavy (non-hydrogen) atoms. The van der Waals surface area contributed by atoms with E-state index in [1.54, 1.807) is 0 Å². The molecular weight excluding hydrogens is 1170 g/mol. The van der Waals surface area contributed by atoms with E-state index >= 15 is 0 Å². The molecular formula is C87H67BN6S. The first-order chi connectivity index (χ1) is 48.4. The maximum atomic E-state index is 10.1. The maximum absolute atomic E-state index is 10.1. The molecule has 0 bridgehead atoms. The van der Waals surface area contributed by atoms with Crippen molar-refractivity contribution in [2.24, 2.45) is 0 Å². The minimum atomic E-state index is -0.457. The minimum Gasteiger partial charge on any atom is -0.311 e. The quantitative estimate of drug-likeness (QED) is 0.128. The van der Waals surface area contributed by atoms with Crippen molar-refractivity contribution in [2.45, 2.75) is 52.4 Å². The molecule has 454 valence electrons. The minimum absolute atomic E-state index is 0.0458. The second kappa shape index (κ2) is 22.4. The maximum Gasteiger partial charge on any atom is 0.252 e. The van der Waals surface area contributed by atoms with E-state index in [1.165, 1.54) is 36.7 Å². The van der Waals surface area contributed by atoms with Crippen LogP contribution in [0.5, 0.6) is 0 Å². The van der Waals surface area contributed by atoms with Crippen molar-refractivity contribution in [3.8, 4) is 22.9 Å². The molecule has 15 aromatic rings. The lowest BCUT2D eigenvalue weighted by Crippen LogP contribution is -2.61. The lowest BCUT2D eigenvalue weighted by atomic mass is 9.33. The fraction of sp³-hybridized carbons (Fsp3) is 0.0920. The van der Waals surface area contributed by atoms with Crippen LogP contribution < -0.4 is 36.0 Å². The molecule has 0 N–H and O–H groups in total. The summed E-state index contributed by atoms with van der Waals surface area (Å²) in [6.45, 7) is 13.4. The van der Waals surface area contributed by atoms with E-state index in [0.717, 1.165) is 101 Å². The summed E-state index contributed by atoms with van der Waals surface area (Å²) >= 11 is 1.83. The zero-order valence-electron chi connectivity index (χ0n) is 58.6. The van der Waals surface area contributed by atoms with Crippen molar-refractivity contribution >= 4 is 145 Å². The first kappa shape index (κ1) is 52.2. The van der Waals surface area contributed by atoms with Gasteiger partial charge in [0.1, 0.15) is 0 Å². The number of para-hydroxylation sites is 5. The van der Waals surface area contributed by atoms with Crippen LogP contribution >= 0.6 is 11.3 Å². The third kappa shape index (κ3) is 9.68. The highest BCUT2D eigenvalue weighted by molar-refractivity contribution is 7.26. The van der Waals surface area contributed by atoms with Crippen LogP contribution in [0, 0.1) is 11.3 Å². The fourth-order valence-corrected chi connectivity index (χ4v) is 15.7. The van der Waals surface area contributed by atoms with Gasteiger partial charge in [-0.1, -0.05) is 175 Å². The second-order valence-corrected chi connectivity index (χ2v) is 28.0. The van der Waals surface area contributed by atoms with Gasteiger partial charge >= 0.3 is 0 Å². The van der Waals surface area contributed by atoms with Crippen LogP contribution in [0.4, 0.5) is 68.2 Å². The second-order valence-electron chi connectivity index (χ2n) is 26.9. The Hall–Kier alpha value is -11.4. The Morgan fingerprint density at radius 2 is 0.916 bits per heavy atom. The first-order valence-corrected chi connectivity index (χ1v) is 33.2. The monoisotopic (exact) mass is 1240 g/mol. The van der Waals surface area contributed by atoms with Crippen molar-refractivity contribution in [3.05, 3.63) is 314 Å². The van der Waals surface area contributed by atoms with Gasteiger partial charge in [0.2, 0.25) is 0 Å². The molecule has 8 heteroatoms. The molecule has 0 unspecified atom stereocenters. The van der Waals surface area contributed by atoms with Crippen molar-refractivity contribution in [1.82, 2.24) is 4.57 Å². The van der Waals surface area contributed by atoms with Crippen LogP contribution in [-0.4, -0.2) is 11.3 Å². The van der Waals surface area contributed by atoms with Crippen molar-refractivity contribution in [1.29, 1.82) is 5.26 Å². The van der Waals surface area contributed by atoms with E-state index < -0.39 is 18.1 Å². The Kier molecular flexibility index (Phi) is 12.3. The Morgan fingerprint density at radius 1 is 0.400 bits per heavy atom. The standard InChI is InChI=1S/C87H67BN6S/c1-86(2,3)60-51-61(87(4,5)6)53-70(52-60)94-78-55-69(91(64-28-16-9-17-29-64)67-39-36-57(56-89)37-40-67)42-44-74(78)88-73-43-41-68(90(62-24-12-7-13-25-62)63-26-14-8-15-27-63)54-77(73)93(66-32-20-11-21-33-66)79-49-59(50-80(94)85(79)88)58-38-45-75-72(48-58)83-76(92(75)65-30-18-10-19-31-65)46-47-82-84(83)71-34-22-23-35-81(71)95-82/h7-55H,1-6H3/i7D,12D,13D,24D,25D. The van der Waals surface area contributed by atoms with E-state index in [-0.39, 0.29) is 35.3 Å². The van der Waals surface area contributed by atoms with Gasteiger partial charge in [-0.25, -0.2) is 0 Å². The average molecular weight is 1240 g/mol. The highest BCUT2D eigenvalue weighted by Gasteiger charge is 2.45. The Bertz CT molecular complexity index is 5800. The molecule has 0 saturated heterocycles. The van der Waals surface area contributed by atoms with Gasteiger partial charge in [0.05, 0.1) is 29.5 Å². The smallest absolute Gasteiger partial charge is 0.252 e. The predicted octanol–water partition coefficient (Wildman–Crippen LogP) is 22.3.